The molecule has 2 heterocycles. The summed E-state index contributed by atoms with van der Waals surface area (Å²) in [6.45, 7) is 1.37. The molecule has 0 spiro atoms. The van der Waals surface area contributed by atoms with E-state index in [1.54, 1.807) is 38.6 Å². The van der Waals surface area contributed by atoms with Crippen molar-refractivity contribution in [2.45, 2.75) is 23.8 Å². The number of benzene rings is 1. The van der Waals surface area contributed by atoms with E-state index in [0.717, 1.165) is 12.8 Å². The van der Waals surface area contributed by atoms with Gasteiger partial charge in [-0.15, -0.1) is 0 Å². The largest absolute Gasteiger partial charge is 0.493 e. The van der Waals surface area contributed by atoms with Crippen molar-refractivity contribution in [3.05, 3.63) is 34.7 Å². The van der Waals surface area contributed by atoms with Crippen LogP contribution in [0.4, 0.5) is 5.69 Å². The summed E-state index contributed by atoms with van der Waals surface area (Å²) in [4.78, 5) is 12.8. The normalized spacial score (nSPS) is 18.3. The second-order valence-electron chi connectivity index (χ2n) is 7.92. The molecule has 0 saturated heterocycles. The molecule has 1 fully saturated rings. The molecule has 1 N–H and O–H groups in total. The van der Waals surface area contributed by atoms with Gasteiger partial charge in [-0.3, -0.25) is 4.79 Å². The zero-order chi connectivity index (χ0) is 21.5. The lowest BCUT2D eigenvalue weighted by Gasteiger charge is -2.29. The molecular weight excluding hydrogens is 408 g/mol. The maximum atomic E-state index is 12.7. The van der Waals surface area contributed by atoms with Gasteiger partial charge in [0.15, 0.2) is 15.6 Å². The molecule has 162 valence electrons. The average Bonchev–Trinajstić information content (AvgIpc) is 3.53. The van der Waals surface area contributed by atoms with Crippen LogP contribution in [0.2, 0.25) is 0 Å². The lowest BCUT2D eigenvalue weighted by atomic mass is 10.0. The van der Waals surface area contributed by atoms with E-state index < -0.39 is 9.84 Å². The van der Waals surface area contributed by atoms with Gasteiger partial charge in [0.05, 0.1) is 24.7 Å². The van der Waals surface area contributed by atoms with Crippen molar-refractivity contribution in [3.63, 3.8) is 0 Å². The predicted octanol–water partition coefficient (Wildman–Crippen LogP) is 2.06. The number of aryl methyl sites for hydroxylation is 1. The van der Waals surface area contributed by atoms with Crippen molar-refractivity contribution < 1.29 is 22.6 Å². The SMILES string of the molecule is COC[C@H]1CNc2c(c(-c3cc(S(C)(=O)=O)ccc3OCC3CC3)cn(C)c2=O)O1. The molecule has 30 heavy (non-hydrogen) atoms. The molecule has 0 amide bonds. The summed E-state index contributed by atoms with van der Waals surface area (Å²) in [6.07, 6.45) is 4.82. The van der Waals surface area contributed by atoms with Crippen LogP contribution < -0.4 is 20.3 Å². The van der Waals surface area contributed by atoms with E-state index in [1.165, 1.54) is 10.8 Å². The molecule has 0 unspecified atom stereocenters. The van der Waals surface area contributed by atoms with Crippen LogP contribution in [0.1, 0.15) is 12.8 Å². The van der Waals surface area contributed by atoms with Gasteiger partial charge < -0.3 is 24.1 Å². The number of aromatic nitrogens is 1. The molecule has 1 aromatic heterocycles. The molecule has 4 rings (SSSR count). The first-order valence-corrected chi connectivity index (χ1v) is 11.8. The Hall–Kier alpha value is -2.52. The molecule has 1 aliphatic heterocycles. The fourth-order valence-corrected chi connectivity index (χ4v) is 4.11. The van der Waals surface area contributed by atoms with Gasteiger partial charge in [0, 0.05) is 37.7 Å². The van der Waals surface area contributed by atoms with Crippen molar-refractivity contribution in [3.8, 4) is 22.6 Å². The fourth-order valence-electron chi connectivity index (χ4n) is 3.46. The van der Waals surface area contributed by atoms with Gasteiger partial charge >= 0.3 is 0 Å². The molecule has 1 saturated carbocycles. The molecule has 0 bridgehead atoms. The van der Waals surface area contributed by atoms with Gasteiger partial charge in [-0.05, 0) is 37.0 Å². The third-order valence-electron chi connectivity index (χ3n) is 5.31. The number of anilines is 1. The molecule has 1 atom stereocenters. The van der Waals surface area contributed by atoms with E-state index in [0.29, 0.717) is 54.0 Å². The second kappa shape index (κ2) is 7.96. The molecule has 9 heteroatoms. The second-order valence-corrected chi connectivity index (χ2v) is 9.94. The van der Waals surface area contributed by atoms with Gasteiger partial charge in [-0.25, -0.2) is 8.42 Å². The summed E-state index contributed by atoms with van der Waals surface area (Å²) in [7, 11) is -0.189. The third kappa shape index (κ3) is 4.17. The lowest BCUT2D eigenvalue weighted by Crippen LogP contribution is -2.38. The highest BCUT2D eigenvalue weighted by Crippen LogP contribution is 2.42. The first kappa shape index (κ1) is 20.7. The minimum Gasteiger partial charge on any atom is -0.493 e. The van der Waals surface area contributed by atoms with E-state index in [4.69, 9.17) is 14.2 Å². The minimum absolute atomic E-state index is 0.177. The summed E-state index contributed by atoms with van der Waals surface area (Å²) in [5, 5.41) is 3.14. The fraction of sp³-hybridized carbons (Fsp3) is 0.476. The number of hydrogen-bond acceptors (Lipinski definition) is 7. The van der Waals surface area contributed by atoms with Gasteiger partial charge in [0.2, 0.25) is 0 Å². The van der Waals surface area contributed by atoms with Crippen LogP contribution in [-0.4, -0.2) is 52.2 Å². The minimum atomic E-state index is -3.43. The maximum Gasteiger partial charge on any atom is 0.277 e. The Morgan fingerprint density at radius 2 is 2.00 bits per heavy atom. The van der Waals surface area contributed by atoms with E-state index in [9.17, 15) is 13.2 Å². The van der Waals surface area contributed by atoms with Crippen molar-refractivity contribution in [1.82, 2.24) is 4.57 Å². The smallest absolute Gasteiger partial charge is 0.277 e. The third-order valence-corrected chi connectivity index (χ3v) is 6.42. The van der Waals surface area contributed by atoms with E-state index in [1.807, 2.05) is 0 Å². The first-order valence-electron chi connectivity index (χ1n) is 9.88. The molecular formula is C21H26N2O6S. The number of rotatable bonds is 7. The highest BCUT2D eigenvalue weighted by molar-refractivity contribution is 7.90. The van der Waals surface area contributed by atoms with E-state index >= 15 is 0 Å². The Balaban J connectivity index is 1.87. The average molecular weight is 435 g/mol. The van der Waals surface area contributed by atoms with Crippen molar-refractivity contribution >= 4 is 15.5 Å². The summed E-state index contributed by atoms with van der Waals surface area (Å²) in [5.41, 5.74) is 1.30. The Kier molecular flexibility index (Phi) is 5.50. The number of nitrogens with zero attached hydrogens (tertiary/aromatic N) is 1. The Morgan fingerprint density at radius 3 is 2.67 bits per heavy atom. The number of ether oxygens (including phenoxy) is 3. The summed E-state index contributed by atoms with van der Waals surface area (Å²) in [5.74, 6) is 1.48. The Bertz CT molecular complexity index is 1120. The van der Waals surface area contributed by atoms with E-state index in [2.05, 4.69) is 5.32 Å². The van der Waals surface area contributed by atoms with Crippen LogP contribution >= 0.6 is 0 Å². The Labute approximate surface area is 175 Å². The zero-order valence-corrected chi connectivity index (χ0v) is 18.1. The van der Waals surface area contributed by atoms with Crippen LogP contribution in [0.5, 0.6) is 11.5 Å². The van der Waals surface area contributed by atoms with Crippen LogP contribution in [-0.2, 0) is 21.6 Å². The monoisotopic (exact) mass is 434 g/mol. The van der Waals surface area contributed by atoms with Crippen molar-refractivity contribution in [1.29, 1.82) is 0 Å². The zero-order valence-electron chi connectivity index (χ0n) is 17.3. The van der Waals surface area contributed by atoms with Crippen LogP contribution in [0.15, 0.2) is 34.1 Å². The quantitative estimate of drug-likeness (QED) is 0.713. The highest BCUT2D eigenvalue weighted by Gasteiger charge is 2.28. The highest BCUT2D eigenvalue weighted by atomic mass is 32.2. The van der Waals surface area contributed by atoms with Crippen LogP contribution in [0.3, 0.4) is 0 Å². The predicted molar refractivity (Wildman–Crippen MR) is 113 cm³/mol. The van der Waals surface area contributed by atoms with Gasteiger partial charge in [0.1, 0.15) is 17.5 Å². The van der Waals surface area contributed by atoms with Crippen molar-refractivity contribution in [2.75, 3.05) is 38.4 Å². The van der Waals surface area contributed by atoms with Crippen molar-refractivity contribution in [2.24, 2.45) is 13.0 Å². The number of methoxy groups -OCH3 is 1. The number of pyridine rings is 1. The maximum absolute atomic E-state index is 12.7. The van der Waals surface area contributed by atoms with Gasteiger partial charge in [-0.1, -0.05) is 0 Å². The molecule has 2 aromatic rings. The molecule has 0 radical (unpaired) electrons. The molecule has 8 nitrogen and oxygen atoms in total. The van der Waals surface area contributed by atoms with Crippen LogP contribution in [0.25, 0.3) is 11.1 Å². The van der Waals surface area contributed by atoms with Gasteiger partial charge in [0.25, 0.3) is 5.56 Å². The summed E-state index contributed by atoms with van der Waals surface area (Å²) in [6, 6.07) is 4.80. The number of nitrogens with one attached hydrogen (secondary N) is 1. The van der Waals surface area contributed by atoms with Crippen LogP contribution in [0, 0.1) is 5.92 Å². The molecule has 2 aliphatic rings. The summed E-state index contributed by atoms with van der Waals surface area (Å²) < 4.78 is 43.2. The van der Waals surface area contributed by atoms with E-state index in [-0.39, 0.29) is 16.6 Å². The van der Waals surface area contributed by atoms with Gasteiger partial charge in [-0.2, -0.15) is 0 Å². The number of fused-ring (bicyclic) bond motifs is 1. The number of hydrogen-bond donors (Lipinski definition) is 1. The Morgan fingerprint density at radius 1 is 1.23 bits per heavy atom. The topological polar surface area (TPSA) is 95.9 Å². The number of sulfone groups is 1. The summed E-state index contributed by atoms with van der Waals surface area (Å²) >= 11 is 0. The first-order chi connectivity index (χ1) is 14.3. The molecule has 1 aromatic carbocycles. The standard InChI is InChI=1S/C21H26N2O6S/c1-23-10-17(20-19(21(23)24)22-9-14(29-20)12-27-2)16-8-15(30(3,25)26)6-7-18(16)28-11-13-4-5-13/h6-8,10,13-14,22H,4-5,9,11-12H2,1-3H3/t14-/m1/s1. The molecule has 1 aliphatic carbocycles. The lowest BCUT2D eigenvalue weighted by molar-refractivity contribution is 0.0849.